The highest BCUT2D eigenvalue weighted by Crippen LogP contribution is 2.48. The van der Waals surface area contributed by atoms with Crippen LogP contribution >= 0.6 is 0 Å². The third-order valence-corrected chi connectivity index (χ3v) is 9.35. The van der Waals surface area contributed by atoms with Crippen LogP contribution in [0.15, 0.2) is 0 Å². The maximum Gasteiger partial charge on any atom is 0.0651 e. The lowest BCUT2D eigenvalue weighted by atomic mass is 9.75. The second kappa shape index (κ2) is 8.32. The lowest BCUT2D eigenvalue weighted by molar-refractivity contribution is -0.00134. The molecule has 6 rings (SSSR count). The van der Waals surface area contributed by atoms with Gasteiger partial charge in [-0.15, -0.1) is 0 Å². The van der Waals surface area contributed by atoms with E-state index in [1.807, 2.05) is 0 Å². The van der Waals surface area contributed by atoms with E-state index in [1.165, 1.54) is 96.6 Å². The van der Waals surface area contributed by atoms with Crippen molar-refractivity contribution in [2.45, 2.75) is 95.1 Å². The minimum Gasteiger partial charge on any atom is -0.378 e. The Morgan fingerprint density at radius 2 is 1.59 bits per heavy atom. The molecule has 0 aromatic heterocycles. The maximum absolute atomic E-state index is 6.01. The van der Waals surface area contributed by atoms with E-state index < -0.39 is 0 Å². The molecule has 1 N–H and O–H groups in total. The summed E-state index contributed by atoms with van der Waals surface area (Å²) in [5, 5.41) is 3.97. The number of nitrogens with one attached hydrogen (secondary N) is 1. The van der Waals surface area contributed by atoms with E-state index in [-0.39, 0.29) is 0 Å². The summed E-state index contributed by atoms with van der Waals surface area (Å²) in [6.45, 7) is 5.77. The van der Waals surface area contributed by atoms with E-state index >= 15 is 0 Å². The molecule has 3 nitrogen and oxygen atoms in total. The maximum atomic E-state index is 6.01. The first-order chi connectivity index (χ1) is 13.3. The summed E-state index contributed by atoms with van der Waals surface area (Å²) in [6, 6.07) is 0.930. The minimum absolute atomic E-state index is 0.331. The zero-order valence-electron chi connectivity index (χ0n) is 17.5. The average Bonchev–Trinajstić information content (AvgIpc) is 3.05. The summed E-state index contributed by atoms with van der Waals surface area (Å²) in [5.74, 6) is 3.83. The third kappa shape index (κ3) is 3.85. The van der Waals surface area contributed by atoms with Crippen LogP contribution in [0.1, 0.15) is 83.5 Å². The van der Waals surface area contributed by atoms with E-state index in [0.29, 0.717) is 5.54 Å². The SMILES string of the molecule is C1CCC2C(C1)CCCC1CCC3(COCCN3)C1CCC1CCN2CC1. The van der Waals surface area contributed by atoms with Crippen molar-refractivity contribution in [1.82, 2.24) is 10.2 Å². The molecular formula is C24H42N2O. The van der Waals surface area contributed by atoms with Gasteiger partial charge in [0.2, 0.25) is 0 Å². The van der Waals surface area contributed by atoms with Gasteiger partial charge in [0.15, 0.2) is 0 Å². The first-order valence-corrected chi connectivity index (χ1v) is 12.4. The molecule has 2 aliphatic carbocycles. The van der Waals surface area contributed by atoms with Gasteiger partial charge < -0.3 is 15.0 Å². The highest BCUT2D eigenvalue weighted by Gasteiger charge is 2.49. The molecule has 2 bridgehead atoms. The largest absolute Gasteiger partial charge is 0.378 e. The van der Waals surface area contributed by atoms with E-state index in [0.717, 1.165) is 49.5 Å². The van der Waals surface area contributed by atoms with Crippen LogP contribution in [-0.4, -0.2) is 49.3 Å². The van der Waals surface area contributed by atoms with Crippen LogP contribution in [-0.2, 0) is 4.74 Å². The van der Waals surface area contributed by atoms with Crippen LogP contribution in [0.5, 0.6) is 0 Å². The van der Waals surface area contributed by atoms with Gasteiger partial charge in [-0.3, -0.25) is 0 Å². The van der Waals surface area contributed by atoms with Crippen LogP contribution in [0, 0.1) is 23.7 Å². The molecule has 0 aromatic rings. The topological polar surface area (TPSA) is 24.5 Å². The summed E-state index contributed by atoms with van der Waals surface area (Å²) in [4.78, 5) is 2.93. The Morgan fingerprint density at radius 1 is 0.778 bits per heavy atom. The molecule has 0 radical (unpaired) electrons. The van der Waals surface area contributed by atoms with Crippen LogP contribution in [0.25, 0.3) is 0 Å². The van der Waals surface area contributed by atoms with Crippen molar-refractivity contribution in [3.8, 4) is 0 Å². The van der Waals surface area contributed by atoms with Crippen LogP contribution < -0.4 is 5.32 Å². The van der Waals surface area contributed by atoms with Gasteiger partial charge in [-0.25, -0.2) is 0 Å². The number of piperidine rings is 1. The number of nitrogens with zero attached hydrogens (tertiary/aromatic N) is 1. The fraction of sp³-hybridized carbons (Fsp3) is 1.00. The van der Waals surface area contributed by atoms with Gasteiger partial charge >= 0.3 is 0 Å². The molecule has 6 fully saturated rings. The molecule has 0 aromatic carbocycles. The van der Waals surface area contributed by atoms with Crippen molar-refractivity contribution >= 4 is 0 Å². The number of rotatable bonds is 0. The predicted octanol–water partition coefficient (Wildman–Crippen LogP) is 4.61. The molecule has 0 amide bonds. The number of hydrogen-bond acceptors (Lipinski definition) is 3. The molecule has 1 spiro atoms. The Labute approximate surface area is 167 Å². The van der Waals surface area contributed by atoms with Gasteiger partial charge in [-0.05, 0) is 88.1 Å². The van der Waals surface area contributed by atoms with Gasteiger partial charge in [-0.1, -0.05) is 32.1 Å². The van der Waals surface area contributed by atoms with Crippen LogP contribution in [0.4, 0.5) is 0 Å². The van der Waals surface area contributed by atoms with E-state index in [4.69, 9.17) is 4.74 Å². The van der Waals surface area contributed by atoms with Crippen molar-refractivity contribution in [2.24, 2.45) is 23.7 Å². The van der Waals surface area contributed by atoms with Crippen molar-refractivity contribution in [1.29, 1.82) is 0 Å². The quantitative estimate of drug-likeness (QED) is 0.670. The van der Waals surface area contributed by atoms with E-state index in [1.54, 1.807) is 0 Å². The lowest BCUT2D eigenvalue weighted by Gasteiger charge is -2.44. The minimum atomic E-state index is 0.331. The van der Waals surface area contributed by atoms with Crippen molar-refractivity contribution < 1.29 is 4.74 Å². The fourth-order valence-corrected chi connectivity index (χ4v) is 7.85. The Bertz CT molecular complexity index is 481. The predicted molar refractivity (Wildman–Crippen MR) is 111 cm³/mol. The Morgan fingerprint density at radius 3 is 2.44 bits per heavy atom. The molecule has 2 saturated carbocycles. The van der Waals surface area contributed by atoms with Crippen LogP contribution in [0.3, 0.4) is 0 Å². The van der Waals surface area contributed by atoms with Gasteiger partial charge in [0.05, 0.1) is 13.2 Å². The highest BCUT2D eigenvalue weighted by molar-refractivity contribution is 5.04. The lowest BCUT2D eigenvalue weighted by Crippen LogP contribution is -2.57. The summed E-state index contributed by atoms with van der Waals surface area (Å²) < 4.78 is 6.01. The van der Waals surface area contributed by atoms with Crippen molar-refractivity contribution in [3.63, 3.8) is 0 Å². The molecule has 3 heteroatoms. The molecule has 4 aliphatic heterocycles. The summed E-state index contributed by atoms with van der Waals surface area (Å²) >= 11 is 0. The number of hydrogen-bond donors (Lipinski definition) is 1. The van der Waals surface area contributed by atoms with Gasteiger partial charge in [0.25, 0.3) is 0 Å². The van der Waals surface area contributed by atoms with Gasteiger partial charge in [-0.2, -0.15) is 0 Å². The van der Waals surface area contributed by atoms with Crippen molar-refractivity contribution in [2.75, 3.05) is 32.8 Å². The number of fused-ring (bicyclic) bond motifs is 5. The normalized spacial score (nSPS) is 48.9. The number of ether oxygens (including phenoxy) is 1. The van der Waals surface area contributed by atoms with E-state index in [2.05, 4.69) is 10.2 Å². The number of morpholine rings is 1. The summed E-state index contributed by atoms with van der Waals surface area (Å²) in [5.41, 5.74) is 0.331. The highest BCUT2D eigenvalue weighted by atomic mass is 16.5. The second-order valence-electron chi connectivity index (χ2n) is 10.6. The molecule has 5 unspecified atom stereocenters. The van der Waals surface area contributed by atoms with Gasteiger partial charge in [0, 0.05) is 18.1 Å². The van der Waals surface area contributed by atoms with E-state index in [9.17, 15) is 0 Å². The first-order valence-electron chi connectivity index (χ1n) is 12.4. The van der Waals surface area contributed by atoms with Gasteiger partial charge in [0.1, 0.15) is 0 Å². The molecule has 4 saturated heterocycles. The molecule has 6 aliphatic rings. The second-order valence-corrected chi connectivity index (χ2v) is 10.6. The first kappa shape index (κ1) is 18.9. The molecule has 27 heavy (non-hydrogen) atoms. The monoisotopic (exact) mass is 374 g/mol. The third-order valence-electron chi connectivity index (χ3n) is 9.35. The summed E-state index contributed by atoms with van der Waals surface area (Å²) in [7, 11) is 0. The zero-order chi connectivity index (χ0) is 18.1. The zero-order valence-corrected chi connectivity index (χ0v) is 17.5. The molecule has 4 heterocycles. The molecule has 154 valence electrons. The Hall–Kier alpha value is -0.120. The average molecular weight is 375 g/mol. The standard InChI is InChI=1S/C24H42N2O/c1-2-7-23-21(4-1)6-3-5-20-10-13-24(18-27-17-14-25-24)22(20)9-8-19-11-15-26(23)16-12-19/h19-23,25H,1-18H2. The summed E-state index contributed by atoms with van der Waals surface area (Å²) in [6.07, 6.45) is 19.2. The fourth-order valence-electron chi connectivity index (χ4n) is 7.85. The smallest absolute Gasteiger partial charge is 0.0651 e. The molecule has 5 atom stereocenters. The Balaban J connectivity index is 1.33. The molecular weight excluding hydrogens is 332 g/mol. The van der Waals surface area contributed by atoms with Crippen LogP contribution in [0.2, 0.25) is 0 Å². The van der Waals surface area contributed by atoms with Crippen molar-refractivity contribution in [3.05, 3.63) is 0 Å². The Kier molecular flexibility index (Phi) is 5.82.